The van der Waals surface area contributed by atoms with Gasteiger partial charge in [-0.3, -0.25) is 0 Å². The van der Waals surface area contributed by atoms with Crippen LogP contribution >= 0.6 is 0 Å². The maximum absolute atomic E-state index is 8.41. The van der Waals surface area contributed by atoms with E-state index in [4.69, 9.17) is 10.5 Å². The highest BCUT2D eigenvalue weighted by molar-refractivity contribution is 5.54. The molecule has 0 fully saturated rings. The van der Waals surface area contributed by atoms with E-state index in [0.717, 1.165) is 5.56 Å². The van der Waals surface area contributed by atoms with Crippen LogP contribution in [0.5, 0.6) is 0 Å². The summed E-state index contributed by atoms with van der Waals surface area (Å²) in [6, 6.07) is 13.5. The van der Waals surface area contributed by atoms with Gasteiger partial charge in [0, 0.05) is 11.6 Å². The first kappa shape index (κ1) is 13.4. The molecule has 78 valence electrons. The summed E-state index contributed by atoms with van der Waals surface area (Å²) >= 11 is 0. The molecule has 0 amide bonds. The summed E-state index contributed by atoms with van der Waals surface area (Å²) in [4.78, 5) is 0. The van der Waals surface area contributed by atoms with Crippen molar-refractivity contribution in [3.05, 3.63) is 66.8 Å². The van der Waals surface area contributed by atoms with E-state index in [2.05, 4.69) is 13.2 Å². The summed E-state index contributed by atoms with van der Waals surface area (Å²) in [6.45, 7) is 6.66. The summed E-state index contributed by atoms with van der Waals surface area (Å²) < 4.78 is 0. The SMILES string of the molecule is C=C(C#N)C=Cc1ccccc1.C=CC#N. The van der Waals surface area contributed by atoms with Gasteiger partial charge in [0.25, 0.3) is 0 Å². The fraction of sp³-hybridized carbons (Fsp3) is 0. The standard InChI is InChI=1S/C11H9N.C3H3N/c1-10(9-12)7-8-11-5-3-2-4-6-11;1-2-3-4/h2-8H,1H2;2H,1H2. The first-order valence-electron chi connectivity index (χ1n) is 4.57. The number of allylic oxidation sites excluding steroid dienone is 3. The summed E-state index contributed by atoms with van der Waals surface area (Å²) in [6.07, 6.45) is 4.75. The molecule has 0 spiro atoms. The summed E-state index contributed by atoms with van der Waals surface area (Å²) in [5.74, 6) is 0. The highest BCUT2D eigenvalue weighted by atomic mass is 14.2. The molecule has 0 aliphatic carbocycles. The molecule has 0 heterocycles. The Kier molecular flexibility index (Phi) is 7.54. The highest BCUT2D eigenvalue weighted by Crippen LogP contribution is 2.02. The van der Waals surface area contributed by atoms with Gasteiger partial charge in [-0.05, 0) is 11.6 Å². The molecular weight excluding hydrogens is 196 g/mol. The number of hydrogen-bond donors (Lipinski definition) is 0. The van der Waals surface area contributed by atoms with Crippen molar-refractivity contribution in [2.75, 3.05) is 0 Å². The molecular formula is C14H12N2. The molecule has 0 atom stereocenters. The van der Waals surface area contributed by atoms with E-state index in [9.17, 15) is 0 Å². The van der Waals surface area contributed by atoms with Gasteiger partial charge in [-0.25, -0.2) is 0 Å². The topological polar surface area (TPSA) is 47.6 Å². The lowest BCUT2D eigenvalue weighted by Gasteiger charge is -1.89. The van der Waals surface area contributed by atoms with Crippen molar-refractivity contribution in [2.45, 2.75) is 0 Å². The van der Waals surface area contributed by atoms with Crippen molar-refractivity contribution < 1.29 is 0 Å². The van der Waals surface area contributed by atoms with Crippen LogP contribution in [0.2, 0.25) is 0 Å². The number of nitriles is 2. The van der Waals surface area contributed by atoms with Gasteiger partial charge in [0.1, 0.15) is 0 Å². The quantitative estimate of drug-likeness (QED) is 0.551. The third kappa shape index (κ3) is 6.88. The minimum Gasteiger partial charge on any atom is -0.193 e. The average Bonchev–Trinajstić information content (AvgIpc) is 2.37. The molecule has 1 aromatic carbocycles. The van der Waals surface area contributed by atoms with Crippen LogP contribution < -0.4 is 0 Å². The number of nitrogens with zero attached hydrogens (tertiary/aromatic N) is 2. The Bertz CT molecular complexity index is 442. The Balaban J connectivity index is 0.000000487. The fourth-order valence-corrected chi connectivity index (χ4v) is 0.798. The largest absolute Gasteiger partial charge is 0.193 e. The van der Waals surface area contributed by atoms with Crippen molar-refractivity contribution in [1.29, 1.82) is 10.5 Å². The second kappa shape index (κ2) is 8.99. The van der Waals surface area contributed by atoms with Crippen LogP contribution in [-0.2, 0) is 0 Å². The monoisotopic (exact) mass is 208 g/mol. The van der Waals surface area contributed by atoms with Crippen LogP contribution in [0.15, 0.2) is 61.2 Å². The van der Waals surface area contributed by atoms with Gasteiger partial charge in [0.15, 0.2) is 0 Å². The van der Waals surface area contributed by atoms with E-state index < -0.39 is 0 Å². The zero-order chi connectivity index (χ0) is 12.2. The van der Waals surface area contributed by atoms with Crippen LogP contribution in [0, 0.1) is 22.7 Å². The summed E-state index contributed by atoms with van der Waals surface area (Å²) in [7, 11) is 0. The number of hydrogen-bond acceptors (Lipinski definition) is 2. The van der Waals surface area contributed by atoms with Gasteiger partial charge in [-0.2, -0.15) is 10.5 Å². The van der Waals surface area contributed by atoms with Crippen LogP contribution in [0.4, 0.5) is 0 Å². The van der Waals surface area contributed by atoms with Gasteiger partial charge in [-0.15, -0.1) is 0 Å². The second-order valence-corrected chi connectivity index (χ2v) is 2.71. The predicted octanol–water partition coefficient (Wildman–Crippen LogP) is 3.48. The fourth-order valence-electron chi connectivity index (χ4n) is 0.798. The summed E-state index contributed by atoms with van der Waals surface area (Å²) in [5.41, 5.74) is 1.55. The highest BCUT2D eigenvalue weighted by Gasteiger charge is 1.83. The molecule has 0 bridgehead atoms. The molecule has 0 saturated carbocycles. The third-order valence-corrected chi connectivity index (χ3v) is 1.51. The number of benzene rings is 1. The lowest BCUT2D eigenvalue weighted by Crippen LogP contribution is -1.69. The van der Waals surface area contributed by atoms with Crippen molar-refractivity contribution in [2.24, 2.45) is 0 Å². The van der Waals surface area contributed by atoms with Crippen molar-refractivity contribution in [3.63, 3.8) is 0 Å². The lowest BCUT2D eigenvalue weighted by atomic mass is 10.2. The van der Waals surface area contributed by atoms with Gasteiger partial charge < -0.3 is 0 Å². The van der Waals surface area contributed by atoms with E-state index in [-0.39, 0.29) is 0 Å². The van der Waals surface area contributed by atoms with Crippen molar-refractivity contribution in [3.8, 4) is 12.1 Å². The van der Waals surface area contributed by atoms with E-state index in [1.807, 2.05) is 42.5 Å². The van der Waals surface area contributed by atoms with E-state index in [1.54, 1.807) is 12.1 Å². The van der Waals surface area contributed by atoms with E-state index in [1.165, 1.54) is 6.08 Å². The molecule has 2 heteroatoms. The Morgan fingerprint density at radius 3 is 2.19 bits per heavy atom. The van der Waals surface area contributed by atoms with Crippen LogP contribution in [0.3, 0.4) is 0 Å². The van der Waals surface area contributed by atoms with Gasteiger partial charge in [0.2, 0.25) is 0 Å². The van der Waals surface area contributed by atoms with E-state index >= 15 is 0 Å². The Morgan fingerprint density at radius 2 is 1.75 bits per heavy atom. The van der Waals surface area contributed by atoms with Crippen molar-refractivity contribution in [1.82, 2.24) is 0 Å². The van der Waals surface area contributed by atoms with Gasteiger partial charge in [-0.1, -0.05) is 49.6 Å². The molecule has 0 aliphatic heterocycles. The molecule has 0 unspecified atom stereocenters. The Hall–Kier alpha value is -2.58. The van der Waals surface area contributed by atoms with Crippen molar-refractivity contribution >= 4 is 6.08 Å². The molecule has 0 radical (unpaired) electrons. The second-order valence-electron chi connectivity index (χ2n) is 2.71. The van der Waals surface area contributed by atoms with Gasteiger partial charge in [0.05, 0.1) is 12.1 Å². The molecule has 16 heavy (non-hydrogen) atoms. The third-order valence-electron chi connectivity index (χ3n) is 1.51. The molecule has 1 aromatic rings. The predicted molar refractivity (Wildman–Crippen MR) is 66.0 cm³/mol. The van der Waals surface area contributed by atoms with Crippen LogP contribution in [0.1, 0.15) is 5.56 Å². The number of rotatable bonds is 2. The first-order valence-corrected chi connectivity index (χ1v) is 4.57. The maximum Gasteiger partial charge on any atom is 0.0985 e. The zero-order valence-corrected chi connectivity index (χ0v) is 8.93. The van der Waals surface area contributed by atoms with E-state index in [0.29, 0.717) is 5.57 Å². The smallest absolute Gasteiger partial charge is 0.0985 e. The van der Waals surface area contributed by atoms with Crippen LogP contribution in [0.25, 0.3) is 6.08 Å². The zero-order valence-electron chi connectivity index (χ0n) is 8.93. The first-order chi connectivity index (χ1) is 7.74. The normalized spacial score (nSPS) is 8.12. The molecule has 2 nitrogen and oxygen atoms in total. The Labute approximate surface area is 96.1 Å². The molecule has 0 N–H and O–H groups in total. The average molecular weight is 208 g/mol. The summed E-state index contributed by atoms with van der Waals surface area (Å²) in [5, 5.41) is 15.9. The minimum absolute atomic E-state index is 0.471. The Morgan fingerprint density at radius 1 is 1.19 bits per heavy atom. The minimum atomic E-state index is 0.471. The maximum atomic E-state index is 8.41. The molecule has 0 saturated heterocycles. The molecule has 1 rings (SSSR count). The molecule has 0 aromatic heterocycles. The lowest BCUT2D eigenvalue weighted by molar-refractivity contribution is 1.51. The van der Waals surface area contributed by atoms with Crippen LogP contribution in [-0.4, -0.2) is 0 Å². The molecule has 0 aliphatic rings. The van der Waals surface area contributed by atoms with Gasteiger partial charge >= 0.3 is 0 Å².